The van der Waals surface area contributed by atoms with Gasteiger partial charge in [-0.05, 0) is 28.5 Å². The van der Waals surface area contributed by atoms with Gasteiger partial charge in [0, 0.05) is 14.7 Å². The van der Waals surface area contributed by atoms with Crippen LogP contribution < -0.4 is 5.73 Å². The highest BCUT2D eigenvalue weighted by atomic mass is 28.3. The van der Waals surface area contributed by atoms with E-state index in [-0.39, 0.29) is 6.04 Å². The Bertz CT molecular complexity index is 567. The first-order valence-corrected chi connectivity index (χ1v) is 11.3. The first-order chi connectivity index (χ1) is 10.5. The number of hydrogen-bond donors (Lipinski definition) is 1. The zero-order valence-corrected chi connectivity index (χ0v) is 14.6. The summed E-state index contributed by atoms with van der Waals surface area (Å²) in [5.74, 6) is 0.664. The fourth-order valence-corrected chi connectivity index (χ4v) is 2.81. The number of rotatable bonds is 8. The maximum absolute atomic E-state index is 6.23. The van der Waals surface area contributed by atoms with Gasteiger partial charge in [0.15, 0.2) is 5.82 Å². The molecule has 1 aromatic heterocycles. The van der Waals surface area contributed by atoms with E-state index in [1.54, 1.807) is 4.68 Å². The van der Waals surface area contributed by atoms with Gasteiger partial charge in [-0.3, -0.25) is 0 Å². The Hall–Kier alpha value is -1.57. The molecule has 0 saturated carbocycles. The predicted octanol–water partition coefficient (Wildman–Crippen LogP) is 2.23. The number of hydrogen-bond acceptors (Lipinski definition) is 5. The van der Waals surface area contributed by atoms with E-state index in [1.807, 2.05) is 18.2 Å². The third-order valence-electron chi connectivity index (χ3n) is 3.40. The molecule has 0 bridgehead atoms. The summed E-state index contributed by atoms with van der Waals surface area (Å²) in [6, 6.07) is 11.0. The summed E-state index contributed by atoms with van der Waals surface area (Å²) in [6.07, 6.45) is 0.704. The quantitative estimate of drug-likeness (QED) is 0.596. The monoisotopic (exact) mass is 319 g/mol. The van der Waals surface area contributed by atoms with Crippen LogP contribution in [0.3, 0.4) is 0 Å². The molecule has 0 aliphatic heterocycles. The summed E-state index contributed by atoms with van der Waals surface area (Å²) in [7, 11) is -1.08. The van der Waals surface area contributed by atoms with Crippen LogP contribution in [0, 0.1) is 0 Å². The summed E-state index contributed by atoms with van der Waals surface area (Å²) in [4.78, 5) is 0. The normalized spacial score (nSPS) is 13.3. The number of nitrogens with zero attached hydrogens (tertiary/aromatic N) is 4. The number of ether oxygens (including phenoxy) is 1. The second kappa shape index (κ2) is 7.62. The Balaban J connectivity index is 1.88. The predicted molar refractivity (Wildman–Crippen MR) is 89.0 cm³/mol. The lowest BCUT2D eigenvalue weighted by Crippen LogP contribution is -2.23. The average molecular weight is 319 g/mol. The molecule has 0 aliphatic carbocycles. The van der Waals surface area contributed by atoms with Crippen molar-refractivity contribution in [2.24, 2.45) is 5.73 Å². The third-order valence-corrected chi connectivity index (χ3v) is 5.10. The molecule has 0 saturated heterocycles. The highest BCUT2D eigenvalue weighted by Crippen LogP contribution is 2.13. The molecule has 2 N–H and O–H groups in total. The Labute approximate surface area is 132 Å². The lowest BCUT2D eigenvalue weighted by molar-refractivity contribution is 0.0741. The minimum Gasteiger partial charge on any atom is -0.359 e. The van der Waals surface area contributed by atoms with Gasteiger partial charge in [-0.1, -0.05) is 50.0 Å². The molecule has 120 valence electrons. The number of benzene rings is 1. The van der Waals surface area contributed by atoms with E-state index in [0.29, 0.717) is 19.0 Å². The Morgan fingerprint density at radius 1 is 1.23 bits per heavy atom. The standard InChI is InChI=1S/C15H25N5OSi/c1-22(2,3)10-9-21-12-20-15(17-18-19-20)14(16)11-13-7-5-4-6-8-13/h4-8,14H,9-12,16H2,1-3H3. The van der Waals surface area contributed by atoms with Gasteiger partial charge in [-0.2, -0.15) is 0 Å². The maximum atomic E-state index is 6.23. The Morgan fingerprint density at radius 3 is 2.64 bits per heavy atom. The van der Waals surface area contributed by atoms with Gasteiger partial charge >= 0.3 is 0 Å². The molecule has 2 aromatic rings. The summed E-state index contributed by atoms with van der Waals surface area (Å²) in [6.45, 7) is 8.08. The average Bonchev–Trinajstić information content (AvgIpc) is 2.92. The first-order valence-electron chi connectivity index (χ1n) is 7.59. The van der Waals surface area contributed by atoms with Gasteiger partial charge in [0.05, 0.1) is 6.04 Å². The fraction of sp³-hybridized carbons (Fsp3) is 0.533. The Kier molecular flexibility index (Phi) is 5.81. The van der Waals surface area contributed by atoms with Crippen LogP contribution in [0.15, 0.2) is 30.3 Å². The van der Waals surface area contributed by atoms with Crippen LogP contribution in [0.5, 0.6) is 0 Å². The summed E-state index contributed by atoms with van der Waals surface area (Å²) >= 11 is 0. The largest absolute Gasteiger partial charge is 0.359 e. The zero-order chi connectivity index (χ0) is 16.0. The van der Waals surface area contributed by atoms with E-state index in [4.69, 9.17) is 10.5 Å². The molecular formula is C15H25N5OSi. The summed E-state index contributed by atoms with van der Waals surface area (Å²) in [5.41, 5.74) is 7.40. The molecule has 0 amide bonds. The van der Waals surface area contributed by atoms with E-state index < -0.39 is 8.07 Å². The van der Waals surface area contributed by atoms with Crippen molar-refractivity contribution >= 4 is 8.07 Å². The van der Waals surface area contributed by atoms with E-state index in [2.05, 4.69) is 47.3 Å². The van der Waals surface area contributed by atoms with E-state index in [1.165, 1.54) is 5.56 Å². The van der Waals surface area contributed by atoms with Gasteiger partial charge in [-0.25, -0.2) is 4.68 Å². The number of nitrogens with two attached hydrogens (primary N) is 1. The second-order valence-corrected chi connectivity index (χ2v) is 12.3. The molecule has 6 nitrogen and oxygen atoms in total. The van der Waals surface area contributed by atoms with Crippen LogP contribution in [0.4, 0.5) is 0 Å². The Morgan fingerprint density at radius 2 is 1.95 bits per heavy atom. The van der Waals surface area contributed by atoms with Crippen LogP contribution in [0.25, 0.3) is 0 Å². The lowest BCUT2D eigenvalue weighted by Gasteiger charge is -2.16. The molecule has 0 spiro atoms. The van der Waals surface area contributed by atoms with Crippen molar-refractivity contribution in [3.05, 3.63) is 41.7 Å². The van der Waals surface area contributed by atoms with Crippen molar-refractivity contribution < 1.29 is 4.74 Å². The molecule has 0 radical (unpaired) electrons. The van der Waals surface area contributed by atoms with Crippen molar-refractivity contribution in [1.29, 1.82) is 0 Å². The highest BCUT2D eigenvalue weighted by molar-refractivity contribution is 6.76. The highest BCUT2D eigenvalue weighted by Gasteiger charge is 2.16. The molecule has 22 heavy (non-hydrogen) atoms. The minimum absolute atomic E-state index is 0.238. The van der Waals surface area contributed by atoms with E-state index in [9.17, 15) is 0 Å². The van der Waals surface area contributed by atoms with Crippen LogP contribution in [-0.4, -0.2) is 34.9 Å². The molecule has 0 aliphatic rings. The van der Waals surface area contributed by atoms with Crippen molar-refractivity contribution in [1.82, 2.24) is 20.2 Å². The smallest absolute Gasteiger partial charge is 0.171 e. The fourth-order valence-electron chi connectivity index (χ4n) is 2.06. The van der Waals surface area contributed by atoms with Crippen LogP contribution in [0.1, 0.15) is 17.4 Å². The molecule has 1 heterocycles. The number of aromatic nitrogens is 4. The van der Waals surface area contributed by atoms with E-state index >= 15 is 0 Å². The van der Waals surface area contributed by atoms with Gasteiger partial charge in [0.2, 0.25) is 0 Å². The van der Waals surface area contributed by atoms with Crippen LogP contribution in [0.2, 0.25) is 25.7 Å². The third kappa shape index (κ3) is 5.32. The van der Waals surface area contributed by atoms with Crippen LogP contribution >= 0.6 is 0 Å². The topological polar surface area (TPSA) is 78.8 Å². The molecule has 1 atom stereocenters. The van der Waals surface area contributed by atoms with Gasteiger partial charge in [-0.15, -0.1) is 5.10 Å². The SMILES string of the molecule is C[Si](C)(C)CCOCn1nnnc1C(N)Cc1ccccc1. The molecule has 1 unspecified atom stereocenters. The van der Waals surface area contributed by atoms with Gasteiger partial charge in [0.25, 0.3) is 0 Å². The van der Waals surface area contributed by atoms with Crippen molar-refractivity contribution in [2.45, 2.75) is 44.9 Å². The maximum Gasteiger partial charge on any atom is 0.171 e. The van der Waals surface area contributed by atoms with E-state index in [0.717, 1.165) is 12.7 Å². The summed E-state index contributed by atoms with van der Waals surface area (Å²) in [5, 5.41) is 11.7. The van der Waals surface area contributed by atoms with Crippen molar-refractivity contribution in [2.75, 3.05) is 6.61 Å². The lowest BCUT2D eigenvalue weighted by atomic mass is 10.1. The second-order valence-electron chi connectivity index (χ2n) is 6.68. The summed E-state index contributed by atoms with van der Waals surface area (Å²) < 4.78 is 7.35. The minimum atomic E-state index is -1.08. The molecule has 7 heteroatoms. The zero-order valence-electron chi connectivity index (χ0n) is 13.6. The molecule has 2 rings (SSSR count). The first kappa shape index (κ1) is 16.8. The molecular weight excluding hydrogens is 294 g/mol. The molecule has 0 fully saturated rings. The van der Waals surface area contributed by atoms with Crippen molar-refractivity contribution in [3.63, 3.8) is 0 Å². The van der Waals surface area contributed by atoms with Gasteiger partial charge in [0.1, 0.15) is 6.73 Å². The number of tetrazole rings is 1. The molecule has 1 aromatic carbocycles. The van der Waals surface area contributed by atoms with Crippen LogP contribution in [-0.2, 0) is 17.9 Å². The van der Waals surface area contributed by atoms with Gasteiger partial charge < -0.3 is 10.5 Å². The van der Waals surface area contributed by atoms with Crippen molar-refractivity contribution in [3.8, 4) is 0 Å².